The van der Waals surface area contributed by atoms with Crippen LogP contribution in [0.1, 0.15) is 26.3 Å². The SMILES string of the molecule is CC(C)(C)OC(=O)N1C[C@@H]2[C@H](C1)[C@@]2(C#N)c1ccc(Br)cc1F. The quantitative estimate of drug-likeness (QED) is 0.743. The second kappa shape index (κ2) is 5.20. The lowest BCUT2D eigenvalue weighted by Crippen LogP contribution is -2.39. The summed E-state index contributed by atoms with van der Waals surface area (Å²) in [6, 6.07) is 7.10. The zero-order valence-corrected chi connectivity index (χ0v) is 14.9. The van der Waals surface area contributed by atoms with Crippen molar-refractivity contribution in [3.05, 3.63) is 34.1 Å². The van der Waals surface area contributed by atoms with E-state index >= 15 is 0 Å². The van der Waals surface area contributed by atoms with Crippen LogP contribution < -0.4 is 0 Å². The van der Waals surface area contributed by atoms with Gasteiger partial charge in [0.2, 0.25) is 0 Å². The van der Waals surface area contributed by atoms with Gasteiger partial charge in [0.25, 0.3) is 0 Å². The largest absolute Gasteiger partial charge is 0.444 e. The second-order valence-corrected chi connectivity index (χ2v) is 8.12. The van der Waals surface area contributed by atoms with Crippen molar-refractivity contribution in [3.63, 3.8) is 0 Å². The number of carbonyl (C=O) groups is 1. The highest BCUT2D eigenvalue weighted by Gasteiger charge is 2.71. The molecule has 0 N–H and O–H groups in total. The summed E-state index contributed by atoms with van der Waals surface area (Å²) < 4.78 is 20.3. The summed E-state index contributed by atoms with van der Waals surface area (Å²) in [5, 5.41) is 9.66. The van der Waals surface area contributed by atoms with Gasteiger partial charge >= 0.3 is 6.09 Å². The highest BCUT2D eigenvalue weighted by molar-refractivity contribution is 9.10. The maximum atomic E-state index is 14.3. The number of piperidine rings is 1. The lowest BCUT2D eigenvalue weighted by Gasteiger charge is -2.27. The van der Waals surface area contributed by atoms with Gasteiger partial charge in [0.05, 0.1) is 11.5 Å². The lowest BCUT2D eigenvalue weighted by molar-refractivity contribution is 0.0266. The molecule has 6 heteroatoms. The van der Waals surface area contributed by atoms with Crippen LogP contribution in [0.2, 0.25) is 0 Å². The molecule has 1 amide bonds. The average molecular weight is 381 g/mol. The van der Waals surface area contributed by atoms with Crippen molar-refractivity contribution in [2.75, 3.05) is 13.1 Å². The Morgan fingerprint density at radius 1 is 1.43 bits per heavy atom. The highest BCUT2D eigenvalue weighted by Crippen LogP contribution is 2.63. The molecular formula is C17H18BrFN2O2. The van der Waals surface area contributed by atoms with E-state index in [4.69, 9.17) is 4.74 Å². The van der Waals surface area contributed by atoms with Crippen molar-refractivity contribution in [3.8, 4) is 6.07 Å². The number of rotatable bonds is 1. The Bertz CT molecular complexity index is 696. The normalized spacial score (nSPS) is 29.0. The summed E-state index contributed by atoms with van der Waals surface area (Å²) in [6.07, 6.45) is -0.368. The molecule has 1 aliphatic heterocycles. The number of fused-ring (bicyclic) bond motifs is 1. The number of ether oxygens (including phenoxy) is 1. The van der Waals surface area contributed by atoms with Gasteiger partial charge in [0, 0.05) is 35.0 Å². The molecule has 1 heterocycles. The zero-order valence-electron chi connectivity index (χ0n) is 13.3. The Hall–Kier alpha value is -1.61. The van der Waals surface area contributed by atoms with E-state index in [0.29, 0.717) is 23.1 Å². The monoisotopic (exact) mass is 380 g/mol. The molecule has 2 aliphatic rings. The molecule has 3 rings (SSSR count). The first-order valence-electron chi connectivity index (χ1n) is 7.54. The highest BCUT2D eigenvalue weighted by atomic mass is 79.9. The molecule has 1 aliphatic carbocycles. The fourth-order valence-corrected chi connectivity index (χ4v) is 3.89. The molecule has 1 aromatic carbocycles. The molecule has 0 spiro atoms. The maximum Gasteiger partial charge on any atom is 0.410 e. The number of benzene rings is 1. The summed E-state index contributed by atoms with van der Waals surface area (Å²) in [7, 11) is 0. The topological polar surface area (TPSA) is 53.3 Å². The van der Waals surface area contributed by atoms with Crippen molar-refractivity contribution < 1.29 is 13.9 Å². The number of hydrogen-bond acceptors (Lipinski definition) is 3. The van der Waals surface area contributed by atoms with Crippen LogP contribution in [-0.4, -0.2) is 29.7 Å². The molecule has 1 aromatic rings. The van der Waals surface area contributed by atoms with E-state index < -0.39 is 11.0 Å². The summed E-state index contributed by atoms with van der Waals surface area (Å²) in [5.74, 6) is -0.439. The molecule has 122 valence electrons. The summed E-state index contributed by atoms with van der Waals surface area (Å²) in [5.41, 5.74) is -0.931. The first-order chi connectivity index (χ1) is 10.7. The van der Waals surface area contributed by atoms with Crippen molar-refractivity contribution in [2.24, 2.45) is 11.8 Å². The molecule has 0 aromatic heterocycles. The van der Waals surface area contributed by atoms with Crippen molar-refractivity contribution in [1.29, 1.82) is 5.26 Å². The Balaban J connectivity index is 1.77. The standard InChI is InChI=1S/C17H18BrFN2O2/c1-16(2,3)23-15(22)21-7-12-13(8-21)17(12,9-20)11-5-4-10(18)6-14(11)19/h4-6,12-13H,7-8H2,1-3H3/t12-,13+,17+. The van der Waals surface area contributed by atoms with E-state index in [2.05, 4.69) is 22.0 Å². The minimum absolute atomic E-state index is 0.0318. The predicted molar refractivity (Wildman–Crippen MR) is 86.2 cm³/mol. The maximum absolute atomic E-state index is 14.3. The van der Waals surface area contributed by atoms with Gasteiger partial charge in [-0.2, -0.15) is 5.26 Å². The predicted octanol–water partition coefficient (Wildman–Crippen LogP) is 3.85. The Morgan fingerprint density at radius 2 is 2.04 bits per heavy atom. The van der Waals surface area contributed by atoms with Gasteiger partial charge in [-0.05, 0) is 32.9 Å². The molecule has 3 atom stereocenters. The number of carbonyl (C=O) groups excluding carboxylic acids is 1. The van der Waals surface area contributed by atoms with Crippen LogP contribution in [0.25, 0.3) is 0 Å². The number of amides is 1. The molecule has 0 radical (unpaired) electrons. The van der Waals surface area contributed by atoms with Gasteiger partial charge in [-0.15, -0.1) is 0 Å². The van der Waals surface area contributed by atoms with Crippen molar-refractivity contribution >= 4 is 22.0 Å². The summed E-state index contributed by atoms with van der Waals surface area (Å²) >= 11 is 3.23. The number of likely N-dealkylation sites (tertiary alicyclic amines) is 1. The van der Waals surface area contributed by atoms with Crippen LogP contribution in [-0.2, 0) is 10.2 Å². The number of nitriles is 1. The van der Waals surface area contributed by atoms with Gasteiger partial charge < -0.3 is 9.64 Å². The van der Waals surface area contributed by atoms with Gasteiger partial charge in [0.1, 0.15) is 11.4 Å². The van der Waals surface area contributed by atoms with Crippen molar-refractivity contribution in [2.45, 2.75) is 31.8 Å². The van der Waals surface area contributed by atoms with E-state index in [0.717, 1.165) is 0 Å². The van der Waals surface area contributed by atoms with E-state index in [-0.39, 0.29) is 23.7 Å². The van der Waals surface area contributed by atoms with Crippen LogP contribution in [0.3, 0.4) is 0 Å². The average Bonchev–Trinajstić information content (AvgIpc) is 2.81. The molecule has 4 nitrogen and oxygen atoms in total. The second-order valence-electron chi connectivity index (χ2n) is 7.20. The Morgan fingerprint density at radius 3 is 2.52 bits per heavy atom. The van der Waals surface area contributed by atoms with Crippen LogP contribution in [0.4, 0.5) is 9.18 Å². The fraction of sp³-hybridized carbons (Fsp3) is 0.529. The van der Waals surface area contributed by atoms with Gasteiger partial charge in [0.15, 0.2) is 0 Å². The molecule has 23 heavy (non-hydrogen) atoms. The van der Waals surface area contributed by atoms with E-state index in [1.54, 1.807) is 17.0 Å². The minimum atomic E-state index is -0.816. The first kappa shape index (κ1) is 16.3. The zero-order chi connectivity index (χ0) is 17.0. The third-order valence-electron chi connectivity index (χ3n) is 4.59. The van der Waals surface area contributed by atoms with Gasteiger partial charge in [-0.3, -0.25) is 0 Å². The van der Waals surface area contributed by atoms with Crippen LogP contribution in [0.5, 0.6) is 0 Å². The Labute approximate surface area is 143 Å². The molecule has 1 saturated carbocycles. The third-order valence-corrected chi connectivity index (χ3v) is 5.09. The van der Waals surface area contributed by atoms with E-state index in [1.807, 2.05) is 20.8 Å². The van der Waals surface area contributed by atoms with Crippen LogP contribution >= 0.6 is 15.9 Å². The minimum Gasteiger partial charge on any atom is -0.444 e. The summed E-state index contributed by atoms with van der Waals surface area (Å²) in [6.45, 7) is 6.32. The van der Waals surface area contributed by atoms with Gasteiger partial charge in [-0.25, -0.2) is 9.18 Å². The number of hydrogen-bond donors (Lipinski definition) is 0. The number of halogens is 2. The molecular weight excluding hydrogens is 363 g/mol. The van der Waals surface area contributed by atoms with Gasteiger partial charge in [-0.1, -0.05) is 22.0 Å². The van der Waals surface area contributed by atoms with Crippen molar-refractivity contribution in [1.82, 2.24) is 4.90 Å². The third kappa shape index (κ3) is 2.61. The molecule has 0 bridgehead atoms. The van der Waals surface area contributed by atoms with E-state index in [9.17, 15) is 14.4 Å². The molecule has 1 saturated heterocycles. The summed E-state index contributed by atoms with van der Waals surface area (Å²) in [4.78, 5) is 13.7. The lowest BCUT2D eigenvalue weighted by atomic mass is 9.91. The first-order valence-corrected chi connectivity index (χ1v) is 8.33. The Kier molecular flexibility index (Phi) is 3.68. The van der Waals surface area contributed by atoms with Crippen LogP contribution in [0.15, 0.2) is 22.7 Å². The molecule has 2 fully saturated rings. The smallest absolute Gasteiger partial charge is 0.410 e. The molecule has 0 unspecified atom stereocenters. The van der Waals surface area contributed by atoms with Crippen LogP contribution in [0, 0.1) is 29.0 Å². The fourth-order valence-electron chi connectivity index (χ4n) is 3.56. The van der Waals surface area contributed by atoms with E-state index in [1.165, 1.54) is 6.07 Å². The number of nitrogens with zero attached hydrogens (tertiary/aromatic N) is 2.